The number of nitrogens with zero attached hydrogens (tertiary/aromatic N) is 1. The minimum Gasteiger partial charge on any atom is -0.468 e. The fourth-order valence-electron chi connectivity index (χ4n) is 1.94. The van der Waals surface area contributed by atoms with Crippen LogP contribution in [0.1, 0.15) is 26.2 Å². The Morgan fingerprint density at radius 1 is 1.60 bits per heavy atom. The van der Waals surface area contributed by atoms with Crippen molar-refractivity contribution >= 4 is 17.6 Å². The van der Waals surface area contributed by atoms with E-state index in [1.165, 1.54) is 7.11 Å². The number of carbonyl (C=O) groups excluding carboxylic acids is 1. The van der Waals surface area contributed by atoms with Gasteiger partial charge in [-0.2, -0.15) is 0 Å². The normalized spacial score (nSPS) is 23.9. The van der Waals surface area contributed by atoms with Gasteiger partial charge in [-0.15, -0.1) is 0 Å². The molecule has 4 heteroatoms. The van der Waals surface area contributed by atoms with Gasteiger partial charge in [0.2, 0.25) is 0 Å². The molecule has 0 aromatic heterocycles. The lowest BCUT2D eigenvalue weighted by molar-refractivity contribution is -0.148. The van der Waals surface area contributed by atoms with E-state index < -0.39 is 0 Å². The second kappa shape index (κ2) is 6.13. The molecule has 1 saturated heterocycles. The third-order valence-corrected chi connectivity index (χ3v) is 3.10. The third kappa shape index (κ3) is 3.50. The summed E-state index contributed by atoms with van der Waals surface area (Å²) in [6, 6.07) is -0.0877. The number of ether oxygens (including phenoxy) is 1. The maximum absolute atomic E-state index is 11.5. The summed E-state index contributed by atoms with van der Waals surface area (Å²) in [6.07, 6.45) is 3.13. The highest BCUT2D eigenvalue weighted by Crippen LogP contribution is 2.19. The zero-order chi connectivity index (χ0) is 11.3. The monoisotopic (exact) mass is 231 g/mol. The highest BCUT2D eigenvalue weighted by Gasteiger charge is 2.29. The lowest BCUT2D eigenvalue weighted by Gasteiger charge is -2.33. The van der Waals surface area contributed by atoms with Gasteiger partial charge in [-0.3, -0.25) is 9.69 Å². The van der Waals surface area contributed by atoms with Crippen LogP contribution in [0.25, 0.3) is 0 Å². The first kappa shape index (κ1) is 12.5. The first-order valence-electron chi connectivity index (χ1n) is 5.26. The number of rotatable bonds is 3. The van der Waals surface area contributed by atoms with Crippen molar-refractivity contribution in [2.45, 2.75) is 32.2 Å². The Hall–Kier alpha value is -0.540. The summed E-state index contributed by atoms with van der Waals surface area (Å²) in [4.78, 5) is 13.7. The van der Waals surface area contributed by atoms with Crippen molar-refractivity contribution in [3.05, 3.63) is 11.1 Å². The summed E-state index contributed by atoms with van der Waals surface area (Å²) in [5.41, 5.74) is 2.65. The van der Waals surface area contributed by atoms with Crippen LogP contribution in [0.5, 0.6) is 0 Å². The second-order valence-electron chi connectivity index (χ2n) is 3.96. The molecule has 0 radical (unpaired) electrons. The Bertz CT molecular complexity index is 253. The summed E-state index contributed by atoms with van der Waals surface area (Å²) >= 11 is 5.63. The zero-order valence-corrected chi connectivity index (χ0v) is 10.1. The van der Waals surface area contributed by atoms with Gasteiger partial charge < -0.3 is 4.74 Å². The molecule has 1 aliphatic heterocycles. The number of methoxy groups -OCH3 is 1. The summed E-state index contributed by atoms with van der Waals surface area (Å²) in [6.45, 7) is 3.67. The van der Waals surface area contributed by atoms with Gasteiger partial charge in [0.15, 0.2) is 0 Å². The molecular weight excluding hydrogens is 214 g/mol. The van der Waals surface area contributed by atoms with E-state index in [1.54, 1.807) is 5.54 Å². The van der Waals surface area contributed by atoms with Gasteiger partial charge in [-0.05, 0) is 31.9 Å². The van der Waals surface area contributed by atoms with Crippen LogP contribution in [0.15, 0.2) is 11.1 Å². The Balaban J connectivity index is 2.61. The van der Waals surface area contributed by atoms with E-state index in [0.717, 1.165) is 37.9 Å². The summed E-state index contributed by atoms with van der Waals surface area (Å²) in [5.74, 6) is -0.128. The highest BCUT2D eigenvalue weighted by molar-refractivity contribution is 6.25. The topological polar surface area (TPSA) is 29.5 Å². The van der Waals surface area contributed by atoms with Gasteiger partial charge in [-0.1, -0.05) is 18.0 Å². The summed E-state index contributed by atoms with van der Waals surface area (Å²) in [7, 11) is 1.44. The van der Waals surface area contributed by atoms with Crippen LogP contribution < -0.4 is 0 Å². The van der Waals surface area contributed by atoms with Crippen LogP contribution in [-0.2, 0) is 9.53 Å². The Kier molecular flexibility index (Phi) is 5.12. The van der Waals surface area contributed by atoms with E-state index in [2.05, 4.69) is 4.90 Å². The number of piperidine rings is 1. The van der Waals surface area contributed by atoms with Gasteiger partial charge in [0.1, 0.15) is 6.04 Å². The molecule has 1 fully saturated rings. The maximum Gasteiger partial charge on any atom is 0.323 e. The molecule has 0 aliphatic carbocycles. The van der Waals surface area contributed by atoms with E-state index >= 15 is 0 Å². The number of halogens is 1. The van der Waals surface area contributed by atoms with Crippen molar-refractivity contribution in [3.63, 3.8) is 0 Å². The molecule has 1 rings (SSSR count). The highest BCUT2D eigenvalue weighted by atomic mass is 35.5. The van der Waals surface area contributed by atoms with Gasteiger partial charge in [0.25, 0.3) is 0 Å². The SMILES string of the molecule is COC(=O)[C@H]1CCCCN1CC(C)=CCl. The lowest BCUT2D eigenvalue weighted by Crippen LogP contribution is -2.45. The molecule has 1 aliphatic rings. The molecule has 0 aromatic rings. The minimum absolute atomic E-state index is 0.0877. The van der Waals surface area contributed by atoms with E-state index in [9.17, 15) is 4.79 Å². The predicted molar refractivity (Wildman–Crippen MR) is 60.8 cm³/mol. The molecule has 3 nitrogen and oxygen atoms in total. The Morgan fingerprint density at radius 3 is 2.93 bits per heavy atom. The molecule has 0 spiro atoms. The quantitative estimate of drug-likeness (QED) is 0.698. The van der Waals surface area contributed by atoms with Gasteiger partial charge in [0.05, 0.1) is 7.11 Å². The van der Waals surface area contributed by atoms with Crippen molar-refractivity contribution in [2.24, 2.45) is 0 Å². The van der Waals surface area contributed by atoms with Crippen LogP contribution in [0.4, 0.5) is 0 Å². The van der Waals surface area contributed by atoms with Crippen LogP contribution in [0, 0.1) is 0 Å². The average molecular weight is 232 g/mol. The standard InChI is InChI=1S/C11H18ClNO2/c1-9(7-12)8-13-6-4-3-5-10(13)11(14)15-2/h7,10H,3-6,8H2,1-2H3/t10-/m1/s1. The lowest BCUT2D eigenvalue weighted by atomic mass is 10.0. The fourth-order valence-corrected chi connectivity index (χ4v) is 2.01. The largest absolute Gasteiger partial charge is 0.468 e. The minimum atomic E-state index is -0.128. The first-order chi connectivity index (χ1) is 7.19. The number of carbonyl (C=O) groups is 1. The summed E-state index contributed by atoms with van der Waals surface area (Å²) in [5, 5.41) is 0. The predicted octanol–water partition coefficient (Wildman–Crippen LogP) is 2.16. The van der Waals surface area contributed by atoms with Gasteiger partial charge in [-0.25, -0.2) is 0 Å². The molecule has 0 amide bonds. The van der Waals surface area contributed by atoms with Crippen LogP contribution in [0.2, 0.25) is 0 Å². The molecular formula is C11H18ClNO2. The van der Waals surface area contributed by atoms with Crippen molar-refractivity contribution < 1.29 is 9.53 Å². The Morgan fingerprint density at radius 2 is 2.33 bits per heavy atom. The maximum atomic E-state index is 11.5. The molecule has 0 unspecified atom stereocenters. The molecule has 0 bridgehead atoms. The van der Waals surface area contributed by atoms with Crippen LogP contribution in [0.3, 0.4) is 0 Å². The zero-order valence-electron chi connectivity index (χ0n) is 9.33. The number of hydrogen-bond donors (Lipinski definition) is 0. The van der Waals surface area contributed by atoms with Crippen molar-refractivity contribution in [2.75, 3.05) is 20.2 Å². The van der Waals surface area contributed by atoms with Crippen molar-refractivity contribution in [1.29, 1.82) is 0 Å². The number of hydrogen-bond acceptors (Lipinski definition) is 3. The van der Waals surface area contributed by atoms with E-state index in [1.807, 2.05) is 6.92 Å². The Labute approximate surface area is 96.0 Å². The van der Waals surface area contributed by atoms with Gasteiger partial charge >= 0.3 is 5.97 Å². The summed E-state index contributed by atoms with van der Waals surface area (Å²) < 4.78 is 4.80. The third-order valence-electron chi connectivity index (χ3n) is 2.73. The van der Waals surface area contributed by atoms with E-state index in [0.29, 0.717) is 0 Å². The van der Waals surface area contributed by atoms with Crippen molar-refractivity contribution in [1.82, 2.24) is 4.90 Å². The van der Waals surface area contributed by atoms with Crippen LogP contribution >= 0.6 is 11.6 Å². The van der Waals surface area contributed by atoms with Crippen LogP contribution in [-0.4, -0.2) is 37.1 Å². The smallest absolute Gasteiger partial charge is 0.323 e. The second-order valence-corrected chi connectivity index (χ2v) is 4.18. The van der Waals surface area contributed by atoms with Crippen molar-refractivity contribution in [3.8, 4) is 0 Å². The van der Waals surface area contributed by atoms with E-state index in [-0.39, 0.29) is 12.0 Å². The fraction of sp³-hybridized carbons (Fsp3) is 0.727. The van der Waals surface area contributed by atoms with Gasteiger partial charge in [0, 0.05) is 12.1 Å². The van der Waals surface area contributed by atoms with E-state index in [4.69, 9.17) is 16.3 Å². The molecule has 1 atom stereocenters. The number of esters is 1. The average Bonchev–Trinajstić information content (AvgIpc) is 2.28. The molecule has 0 saturated carbocycles. The molecule has 86 valence electrons. The molecule has 0 aromatic carbocycles. The molecule has 15 heavy (non-hydrogen) atoms. The number of likely N-dealkylation sites (tertiary alicyclic amines) is 1. The first-order valence-corrected chi connectivity index (χ1v) is 5.70. The molecule has 1 heterocycles. The molecule has 0 N–H and O–H groups in total.